The number of nitrogens with one attached hydrogen (secondary N) is 1. The molecule has 10 nitrogen and oxygen atoms in total. The maximum Gasteiger partial charge on any atom is 0.257 e. The molecule has 2 aromatic carbocycles. The summed E-state index contributed by atoms with van der Waals surface area (Å²) in [6.45, 7) is 2.36. The second kappa shape index (κ2) is 11.8. The number of sulfonamides is 2. The molecule has 0 unspecified atom stereocenters. The fourth-order valence-electron chi connectivity index (χ4n) is 4.50. The Morgan fingerprint density at radius 3 is 2.14 bits per heavy atom. The van der Waals surface area contributed by atoms with Gasteiger partial charge in [0.2, 0.25) is 20.0 Å². The molecule has 12 heteroatoms. The minimum atomic E-state index is -3.90. The van der Waals surface area contributed by atoms with Crippen LogP contribution in [0, 0.1) is 0 Å². The zero-order valence-corrected chi connectivity index (χ0v) is 22.5. The number of nitrogens with zero attached hydrogens (tertiary/aromatic N) is 2. The minimum absolute atomic E-state index is 0.0163. The third kappa shape index (κ3) is 6.43. The van der Waals surface area contributed by atoms with Gasteiger partial charge in [-0.25, -0.2) is 21.6 Å². The van der Waals surface area contributed by atoms with Gasteiger partial charge in [0.15, 0.2) is 0 Å². The first-order chi connectivity index (χ1) is 17.7. The fraction of sp³-hybridized carbons (Fsp3) is 0.480. The van der Waals surface area contributed by atoms with Gasteiger partial charge in [-0.05, 0) is 68.1 Å². The van der Waals surface area contributed by atoms with Crippen molar-refractivity contribution in [1.29, 1.82) is 0 Å². The first kappa shape index (κ1) is 27.4. The van der Waals surface area contributed by atoms with Crippen LogP contribution in [0.15, 0.2) is 52.3 Å². The zero-order valence-electron chi connectivity index (χ0n) is 20.9. The Labute approximate surface area is 218 Å². The average Bonchev–Trinajstić information content (AvgIpc) is 3.46. The number of likely N-dealkylation sites (tertiary alicyclic amines) is 1. The molecule has 2 aliphatic heterocycles. The van der Waals surface area contributed by atoms with Gasteiger partial charge in [0.05, 0.1) is 22.5 Å². The van der Waals surface area contributed by atoms with Gasteiger partial charge >= 0.3 is 0 Å². The third-order valence-electron chi connectivity index (χ3n) is 6.54. The molecule has 0 aromatic heterocycles. The van der Waals surface area contributed by atoms with Gasteiger partial charge in [0.1, 0.15) is 18.1 Å². The molecule has 0 atom stereocenters. The van der Waals surface area contributed by atoms with Gasteiger partial charge in [0, 0.05) is 32.7 Å². The predicted octanol–water partition coefficient (Wildman–Crippen LogP) is 2.46. The summed E-state index contributed by atoms with van der Waals surface area (Å²) in [5.74, 6) is 0.505. The van der Waals surface area contributed by atoms with E-state index in [2.05, 4.69) is 4.72 Å². The summed E-state index contributed by atoms with van der Waals surface area (Å²) in [6.07, 6.45) is 4.61. The van der Waals surface area contributed by atoms with Crippen LogP contribution in [0.3, 0.4) is 0 Å². The summed E-state index contributed by atoms with van der Waals surface area (Å²) in [6, 6.07) is 10.3. The van der Waals surface area contributed by atoms with E-state index in [9.17, 15) is 21.6 Å². The molecule has 0 radical (unpaired) electrons. The molecular weight excluding hydrogens is 518 g/mol. The van der Waals surface area contributed by atoms with Crippen molar-refractivity contribution >= 4 is 26.0 Å². The van der Waals surface area contributed by atoms with E-state index >= 15 is 0 Å². The first-order valence-electron chi connectivity index (χ1n) is 12.4. The second-order valence-electron chi connectivity index (χ2n) is 9.04. The number of rotatable bonds is 10. The Morgan fingerprint density at radius 2 is 1.49 bits per heavy atom. The van der Waals surface area contributed by atoms with Crippen LogP contribution in [0.1, 0.15) is 42.5 Å². The number of amides is 1. The lowest BCUT2D eigenvalue weighted by Gasteiger charge is -2.25. The number of carbonyl (C=O) groups excluding carboxylic acids is 1. The average molecular weight is 552 g/mol. The second-order valence-corrected chi connectivity index (χ2v) is 12.7. The number of hydrogen-bond acceptors (Lipinski definition) is 7. The number of hydrogen-bond donors (Lipinski definition) is 1. The van der Waals surface area contributed by atoms with Crippen molar-refractivity contribution in [3.63, 3.8) is 0 Å². The number of ether oxygens (including phenoxy) is 2. The third-order valence-corrected chi connectivity index (χ3v) is 9.92. The van der Waals surface area contributed by atoms with Crippen molar-refractivity contribution in [2.75, 3.05) is 46.4 Å². The SMILES string of the molecule is COc1ccc(S(=O)(=O)NCCOc2ccc(S(=O)(=O)N3CCCCC3)cc2)cc1C(=O)N1CCCC1. The molecule has 2 saturated heterocycles. The van der Waals surface area contributed by atoms with E-state index in [-0.39, 0.29) is 34.4 Å². The van der Waals surface area contributed by atoms with E-state index in [1.54, 1.807) is 17.0 Å². The molecule has 2 aromatic rings. The van der Waals surface area contributed by atoms with Gasteiger partial charge in [-0.1, -0.05) is 6.42 Å². The smallest absolute Gasteiger partial charge is 0.257 e. The van der Waals surface area contributed by atoms with Gasteiger partial charge in [0.25, 0.3) is 5.91 Å². The molecule has 0 aliphatic carbocycles. The minimum Gasteiger partial charge on any atom is -0.496 e. The van der Waals surface area contributed by atoms with E-state index in [1.165, 1.54) is 41.7 Å². The molecule has 0 spiro atoms. The van der Waals surface area contributed by atoms with Crippen LogP contribution >= 0.6 is 0 Å². The largest absolute Gasteiger partial charge is 0.496 e. The summed E-state index contributed by atoms with van der Waals surface area (Å²) >= 11 is 0. The molecular formula is C25H33N3O7S2. The molecule has 202 valence electrons. The highest BCUT2D eigenvalue weighted by atomic mass is 32.2. The van der Waals surface area contributed by atoms with Crippen LogP contribution in [-0.4, -0.2) is 78.4 Å². The summed E-state index contributed by atoms with van der Waals surface area (Å²) in [5.41, 5.74) is 0.211. The van der Waals surface area contributed by atoms with Gasteiger partial charge < -0.3 is 14.4 Å². The molecule has 2 aliphatic rings. The van der Waals surface area contributed by atoms with Crippen LogP contribution in [0.5, 0.6) is 11.5 Å². The van der Waals surface area contributed by atoms with Crippen LogP contribution in [0.4, 0.5) is 0 Å². The fourth-order valence-corrected chi connectivity index (χ4v) is 7.06. The maximum atomic E-state index is 12.9. The lowest BCUT2D eigenvalue weighted by molar-refractivity contribution is 0.0789. The van der Waals surface area contributed by atoms with Crippen molar-refractivity contribution < 1.29 is 31.1 Å². The highest BCUT2D eigenvalue weighted by Crippen LogP contribution is 2.26. The molecule has 2 fully saturated rings. The first-order valence-corrected chi connectivity index (χ1v) is 15.3. The predicted molar refractivity (Wildman–Crippen MR) is 138 cm³/mol. The Balaban J connectivity index is 1.34. The van der Waals surface area contributed by atoms with Crippen LogP contribution < -0.4 is 14.2 Å². The molecule has 1 amide bonds. The summed E-state index contributed by atoms with van der Waals surface area (Å²) in [4.78, 5) is 14.7. The number of methoxy groups -OCH3 is 1. The van der Waals surface area contributed by atoms with E-state index in [1.807, 2.05) is 0 Å². The Kier molecular flexibility index (Phi) is 8.73. The lowest BCUT2D eigenvalue weighted by atomic mass is 10.1. The maximum absolute atomic E-state index is 12.9. The molecule has 2 heterocycles. The van der Waals surface area contributed by atoms with Crippen molar-refractivity contribution in [2.45, 2.75) is 41.9 Å². The summed E-state index contributed by atoms with van der Waals surface area (Å²) in [5, 5.41) is 0. The van der Waals surface area contributed by atoms with Crippen molar-refractivity contribution in [2.24, 2.45) is 0 Å². The van der Waals surface area contributed by atoms with Gasteiger partial charge in [-0.2, -0.15) is 4.31 Å². The number of carbonyl (C=O) groups is 1. The Bertz CT molecular complexity index is 1300. The lowest BCUT2D eigenvalue weighted by Crippen LogP contribution is -2.35. The Morgan fingerprint density at radius 1 is 0.865 bits per heavy atom. The molecule has 4 rings (SSSR count). The van der Waals surface area contributed by atoms with Crippen LogP contribution in [0.25, 0.3) is 0 Å². The number of benzene rings is 2. The topological polar surface area (TPSA) is 122 Å². The van der Waals surface area contributed by atoms with E-state index in [0.29, 0.717) is 37.7 Å². The van der Waals surface area contributed by atoms with E-state index in [4.69, 9.17) is 9.47 Å². The Hall–Kier alpha value is -2.67. The zero-order chi connectivity index (χ0) is 26.5. The monoisotopic (exact) mass is 551 g/mol. The van der Waals surface area contributed by atoms with E-state index in [0.717, 1.165) is 32.1 Å². The van der Waals surface area contributed by atoms with Gasteiger partial charge in [-0.15, -0.1) is 0 Å². The quantitative estimate of drug-likeness (QED) is 0.450. The molecule has 1 N–H and O–H groups in total. The van der Waals surface area contributed by atoms with Crippen LogP contribution in [-0.2, 0) is 20.0 Å². The highest BCUT2D eigenvalue weighted by Gasteiger charge is 2.26. The summed E-state index contributed by atoms with van der Waals surface area (Å²) in [7, 11) is -5.98. The van der Waals surface area contributed by atoms with Crippen molar-refractivity contribution in [1.82, 2.24) is 13.9 Å². The summed E-state index contributed by atoms with van der Waals surface area (Å²) < 4.78 is 66.1. The standard InChI is InChI=1S/C25H33N3O7S2/c1-34-24-12-11-22(19-23(24)25(29)27-14-5-6-15-27)36(30,31)26-13-18-35-20-7-9-21(10-8-20)37(32,33)28-16-3-2-4-17-28/h7-12,19,26H,2-6,13-18H2,1H3. The van der Waals surface area contributed by atoms with Crippen molar-refractivity contribution in [3.05, 3.63) is 48.0 Å². The molecule has 0 bridgehead atoms. The van der Waals surface area contributed by atoms with Crippen LogP contribution in [0.2, 0.25) is 0 Å². The number of piperidine rings is 1. The van der Waals surface area contributed by atoms with Crippen molar-refractivity contribution in [3.8, 4) is 11.5 Å². The van der Waals surface area contributed by atoms with Gasteiger partial charge in [-0.3, -0.25) is 4.79 Å². The molecule has 0 saturated carbocycles. The van der Waals surface area contributed by atoms with E-state index < -0.39 is 20.0 Å². The normalized spacial score (nSPS) is 17.1. The highest BCUT2D eigenvalue weighted by molar-refractivity contribution is 7.89. The molecule has 37 heavy (non-hydrogen) atoms.